The molecule has 31 heavy (non-hydrogen) atoms. The Kier molecular flexibility index (Phi) is 4.39. The van der Waals surface area contributed by atoms with Crippen molar-refractivity contribution in [2.24, 2.45) is 0 Å². The first-order chi connectivity index (χ1) is 15.0. The lowest BCUT2D eigenvalue weighted by molar-refractivity contribution is 0.378. The molecule has 0 saturated carbocycles. The average molecular weight is 458 g/mol. The summed E-state index contributed by atoms with van der Waals surface area (Å²) in [6.07, 6.45) is 1.36. The smallest absolute Gasteiger partial charge is 0.231 e. The van der Waals surface area contributed by atoms with Crippen molar-refractivity contribution in [3.63, 3.8) is 0 Å². The highest BCUT2D eigenvalue weighted by Gasteiger charge is 2.52. The van der Waals surface area contributed by atoms with Crippen molar-refractivity contribution in [1.29, 1.82) is 0 Å². The predicted molar refractivity (Wildman–Crippen MR) is 123 cm³/mol. The molecule has 3 N–H and O–H groups in total. The number of hydrogen-bond acceptors (Lipinski definition) is 6. The molecule has 1 aromatic heterocycles. The van der Waals surface area contributed by atoms with Gasteiger partial charge in [-0.3, -0.25) is 13.7 Å². The van der Waals surface area contributed by atoms with Crippen molar-refractivity contribution in [3.8, 4) is 5.69 Å². The summed E-state index contributed by atoms with van der Waals surface area (Å²) in [5.41, 5.74) is 4.34. The van der Waals surface area contributed by atoms with E-state index in [1.54, 1.807) is 0 Å². The second-order valence-electron chi connectivity index (χ2n) is 8.58. The van der Waals surface area contributed by atoms with Gasteiger partial charge in [0.1, 0.15) is 0 Å². The van der Waals surface area contributed by atoms with Gasteiger partial charge in [0.05, 0.1) is 22.7 Å². The van der Waals surface area contributed by atoms with Crippen molar-refractivity contribution in [3.05, 3.63) is 70.0 Å². The van der Waals surface area contributed by atoms with E-state index < -0.39 is 15.3 Å². The van der Waals surface area contributed by atoms with E-state index in [4.69, 9.17) is 11.6 Å². The number of rotatable bonds is 1. The molecular formula is C22H24ClN5O2S. The van der Waals surface area contributed by atoms with Crippen LogP contribution in [-0.2, 0) is 23.6 Å². The maximum Gasteiger partial charge on any atom is 0.231 e. The van der Waals surface area contributed by atoms with E-state index in [0.29, 0.717) is 43.3 Å². The topological polar surface area (TPSA) is 86.4 Å². The first-order valence-corrected chi connectivity index (χ1v) is 12.6. The van der Waals surface area contributed by atoms with Gasteiger partial charge < -0.3 is 10.2 Å². The molecule has 7 nitrogen and oxygen atoms in total. The third-order valence-corrected chi connectivity index (χ3v) is 9.77. The van der Waals surface area contributed by atoms with Gasteiger partial charge >= 0.3 is 0 Å². The monoisotopic (exact) mass is 457 g/mol. The Morgan fingerprint density at radius 2 is 1.81 bits per heavy atom. The summed E-state index contributed by atoms with van der Waals surface area (Å²) >= 11 is 6.23. The van der Waals surface area contributed by atoms with Gasteiger partial charge in [-0.15, -0.1) is 10.2 Å². The number of piperidine rings is 1. The molecule has 9 heteroatoms. The maximum atomic E-state index is 11.1. The van der Waals surface area contributed by atoms with E-state index in [-0.39, 0.29) is 0 Å². The fraction of sp³-hybridized carbons (Fsp3) is 0.364. The summed E-state index contributed by atoms with van der Waals surface area (Å²) in [5.74, 6) is 2.04. The molecule has 2 aromatic carbocycles. The van der Waals surface area contributed by atoms with Crippen LogP contribution in [0.5, 0.6) is 0 Å². The minimum atomic E-state index is -2.73. The van der Waals surface area contributed by atoms with E-state index in [0.717, 1.165) is 40.7 Å². The van der Waals surface area contributed by atoms with Crippen LogP contribution in [-0.4, -0.2) is 37.0 Å². The Morgan fingerprint density at radius 3 is 2.65 bits per heavy atom. The number of anilines is 1. The number of fused-ring (bicyclic) bond motifs is 5. The predicted octanol–water partition coefficient (Wildman–Crippen LogP) is 4.28. The molecule has 0 aliphatic carbocycles. The van der Waals surface area contributed by atoms with Gasteiger partial charge in [0.15, 0.2) is 5.82 Å². The lowest BCUT2D eigenvalue weighted by atomic mass is 9.86. The maximum absolute atomic E-state index is 11.1. The highest BCUT2D eigenvalue weighted by atomic mass is 35.5. The molecule has 1 spiro atoms. The minimum absolute atomic E-state index is 0.364. The quantitative estimate of drug-likeness (QED) is 0.505. The standard InChI is InChI=1S/C22H24ClN5O2S/c23-17-5-6-19-16(11-17)12-24-13-20-25-26-21(28(19)20)27-9-7-22(8-10-27)18-4-2-1-3-15(18)14-31(22,29)30/h1-6,11,24,29-30H,7-10,12-14H2. The highest BCUT2D eigenvalue weighted by Crippen LogP contribution is 2.70. The van der Waals surface area contributed by atoms with Crippen LogP contribution in [0.3, 0.4) is 0 Å². The third-order valence-electron chi connectivity index (χ3n) is 6.94. The van der Waals surface area contributed by atoms with Crippen LogP contribution in [0, 0.1) is 0 Å². The van der Waals surface area contributed by atoms with Crippen LogP contribution in [0.4, 0.5) is 5.95 Å². The summed E-state index contributed by atoms with van der Waals surface area (Å²) in [4.78, 5) is 2.22. The number of halogens is 1. The van der Waals surface area contributed by atoms with Crippen LogP contribution < -0.4 is 10.2 Å². The Labute approximate surface area is 187 Å². The molecule has 6 rings (SSSR count). The number of benzene rings is 2. The van der Waals surface area contributed by atoms with Gasteiger partial charge in [-0.1, -0.05) is 35.9 Å². The normalized spacial score (nSPS) is 21.8. The number of nitrogens with zero attached hydrogens (tertiary/aromatic N) is 4. The molecule has 4 heterocycles. The molecule has 0 bridgehead atoms. The zero-order valence-corrected chi connectivity index (χ0v) is 18.5. The molecule has 3 aromatic rings. The Balaban J connectivity index is 1.35. The van der Waals surface area contributed by atoms with Gasteiger partial charge in [0.2, 0.25) is 5.95 Å². The van der Waals surface area contributed by atoms with Gasteiger partial charge in [0, 0.05) is 24.7 Å². The molecule has 3 aliphatic rings. The summed E-state index contributed by atoms with van der Waals surface area (Å²) in [5, 5.41) is 13.1. The molecular weight excluding hydrogens is 434 g/mol. The van der Waals surface area contributed by atoms with Gasteiger partial charge in [0.25, 0.3) is 0 Å². The summed E-state index contributed by atoms with van der Waals surface area (Å²) in [6, 6.07) is 14.0. The van der Waals surface area contributed by atoms with Crippen LogP contribution in [0.25, 0.3) is 5.69 Å². The first-order valence-electron chi connectivity index (χ1n) is 10.5. The number of hydrogen-bond donors (Lipinski definition) is 3. The number of aromatic nitrogens is 3. The minimum Gasteiger partial charge on any atom is -0.340 e. The lowest BCUT2D eigenvalue weighted by Crippen LogP contribution is -2.44. The Hall–Kier alpha value is -2.10. The summed E-state index contributed by atoms with van der Waals surface area (Å²) < 4.78 is 23.7. The van der Waals surface area contributed by atoms with E-state index in [9.17, 15) is 9.11 Å². The number of nitrogens with one attached hydrogen (secondary N) is 1. The van der Waals surface area contributed by atoms with Crippen molar-refractivity contribution in [2.75, 3.05) is 18.0 Å². The second-order valence-corrected chi connectivity index (χ2v) is 11.4. The summed E-state index contributed by atoms with van der Waals surface area (Å²) in [6.45, 7) is 2.74. The van der Waals surface area contributed by atoms with Crippen LogP contribution in [0.2, 0.25) is 5.02 Å². The average Bonchev–Trinajstić information content (AvgIpc) is 3.19. The summed E-state index contributed by atoms with van der Waals surface area (Å²) in [7, 11) is -2.73. The van der Waals surface area contributed by atoms with Crippen molar-refractivity contribution in [1.82, 2.24) is 20.1 Å². The van der Waals surface area contributed by atoms with Gasteiger partial charge in [-0.05, 0) is 47.7 Å². The third kappa shape index (κ3) is 2.86. The SMILES string of the molecule is OS1(O)Cc2ccccc2C12CCN(c1nnc3n1-c1ccc(Cl)cc1CNC3)CC2. The van der Waals surface area contributed by atoms with E-state index in [1.807, 2.05) is 36.4 Å². The molecule has 3 aliphatic heterocycles. The van der Waals surface area contributed by atoms with Crippen molar-refractivity contribution in [2.45, 2.75) is 36.4 Å². The molecule has 1 fully saturated rings. The fourth-order valence-electron chi connectivity index (χ4n) is 5.38. The largest absolute Gasteiger partial charge is 0.340 e. The molecule has 0 radical (unpaired) electrons. The van der Waals surface area contributed by atoms with E-state index in [1.165, 1.54) is 0 Å². The second kappa shape index (κ2) is 6.95. The molecule has 162 valence electrons. The van der Waals surface area contributed by atoms with Crippen molar-refractivity contribution >= 4 is 28.1 Å². The highest BCUT2D eigenvalue weighted by molar-refractivity contribution is 8.24. The molecule has 0 atom stereocenters. The van der Waals surface area contributed by atoms with Crippen molar-refractivity contribution < 1.29 is 9.11 Å². The Bertz CT molecular complexity index is 1170. The van der Waals surface area contributed by atoms with Gasteiger partial charge in [-0.25, -0.2) is 0 Å². The van der Waals surface area contributed by atoms with Crippen LogP contribution in [0.15, 0.2) is 42.5 Å². The van der Waals surface area contributed by atoms with Crippen LogP contribution >= 0.6 is 22.2 Å². The Morgan fingerprint density at radius 1 is 1.00 bits per heavy atom. The van der Waals surface area contributed by atoms with Crippen LogP contribution in [0.1, 0.15) is 35.4 Å². The zero-order chi connectivity index (χ0) is 21.2. The van der Waals surface area contributed by atoms with E-state index in [2.05, 4.69) is 31.0 Å². The fourth-order valence-corrected chi connectivity index (χ4v) is 7.93. The van der Waals surface area contributed by atoms with Gasteiger partial charge in [-0.2, -0.15) is 10.6 Å². The first kappa shape index (κ1) is 19.6. The molecule has 0 amide bonds. The van der Waals surface area contributed by atoms with E-state index >= 15 is 0 Å². The molecule has 0 unspecified atom stereocenters. The zero-order valence-electron chi connectivity index (χ0n) is 17.0. The lowest BCUT2D eigenvalue weighted by Gasteiger charge is -2.50. The molecule has 1 saturated heterocycles.